The fourth-order valence-electron chi connectivity index (χ4n) is 2.33. The lowest BCUT2D eigenvalue weighted by Gasteiger charge is -2.07. The first-order chi connectivity index (χ1) is 7.85. The number of fused-ring (bicyclic) bond motifs is 1. The maximum atomic E-state index is 2.35. The van der Waals surface area contributed by atoms with Crippen molar-refractivity contribution in [3.8, 4) is 0 Å². The predicted octanol–water partition coefficient (Wildman–Crippen LogP) is 4.74. The summed E-state index contributed by atoms with van der Waals surface area (Å²) in [4.78, 5) is 0. The molecule has 0 aliphatic carbocycles. The van der Waals surface area contributed by atoms with E-state index >= 15 is 0 Å². The first kappa shape index (κ1) is 11.2. The number of aryl methyl sites for hydroxylation is 2. The largest absolute Gasteiger partial charge is 0.0651 e. The predicted molar refractivity (Wildman–Crippen MR) is 71.9 cm³/mol. The quantitative estimate of drug-likeness (QED) is 0.686. The molecule has 0 aromatic heterocycles. The monoisotopic (exact) mass is 212 g/mol. The molecule has 2 aromatic carbocycles. The molecule has 0 aliphatic rings. The number of hydrogen-bond acceptors (Lipinski definition) is 0. The maximum Gasteiger partial charge on any atom is -0.0152 e. The molecule has 0 radical (unpaired) electrons. The summed E-state index contributed by atoms with van der Waals surface area (Å²) >= 11 is 0. The molecule has 0 spiro atoms. The first-order valence-electron chi connectivity index (χ1n) is 6.35. The fourth-order valence-corrected chi connectivity index (χ4v) is 2.33. The molecule has 0 heteroatoms. The van der Waals surface area contributed by atoms with E-state index in [1.807, 2.05) is 0 Å². The van der Waals surface area contributed by atoms with Crippen molar-refractivity contribution in [1.82, 2.24) is 0 Å². The van der Waals surface area contributed by atoms with Gasteiger partial charge >= 0.3 is 0 Å². The van der Waals surface area contributed by atoms with Crippen molar-refractivity contribution < 1.29 is 0 Å². The summed E-state index contributed by atoms with van der Waals surface area (Å²) in [5.41, 5.74) is 2.95. The molecule has 0 N–H and O–H groups in total. The van der Waals surface area contributed by atoms with Crippen molar-refractivity contribution in [1.29, 1.82) is 0 Å². The zero-order valence-corrected chi connectivity index (χ0v) is 10.3. The Morgan fingerprint density at radius 1 is 0.875 bits per heavy atom. The van der Waals surface area contributed by atoms with Gasteiger partial charge in [-0.15, -0.1) is 0 Å². The van der Waals surface area contributed by atoms with Gasteiger partial charge in [-0.3, -0.25) is 0 Å². The third-order valence-electron chi connectivity index (χ3n) is 3.09. The van der Waals surface area contributed by atoms with Crippen molar-refractivity contribution in [2.24, 2.45) is 0 Å². The van der Waals surface area contributed by atoms with Gasteiger partial charge in [0, 0.05) is 0 Å². The van der Waals surface area contributed by atoms with E-state index in [1.54, 1.807) is 0 Å². The highest BCUT2D eigenvalue weighted by atomic mass is 14.1. The van der Waals surface area contributed by atoms with Crippen LogP contribution in [0.4, 0.5) is 0 Å². The van der Waals surface area contributed by atoms with E-state index in [-0.39, 0.29) is 0 Å². The zero-order valence-electron chi connectivity index (χ0n) is 10.3. The number of hydrogen-bond donors (Lipinski definition) is 0. The van der Waals surface area contributed by atoms with E-state index in [0.717, 1.165) is 0 Å². The van der Waals surface area contributed by atoms with Crippen LogP contribution in [0.2, 0.25) is 0 Å². The average Bonchev–Trinajstić information content (AvgIpc) is 2.30. The van der Waals surface area contributed by atoms with E-state index in [2.05, 4.69) is 50.2 Å². The van der Waals surface area contributed by atoms with Gasteiger partial charge < -0.3 is 0 Å². The number of benzene rings is 2. The summed E-state index contributed by atoms with van der Waals surface area (Å²) in [5, 5.41) is 2.83. The Balaban J connectivity index is 2.46. The van der Waals surface area contributed by atoms with Crippen LogP contribution in [0.25, 0.3) is 10.8 Å². The molecule has 0 unspecified atom stereocenters. The molecule has 0 atom stereocenters. The molecule has 0 saturated carbocycles. The molecule has 0 saturated heterocycles. The van der Waals surface area contributed by atoms with Crippen LogP contribution in [0.1, 0.15) is 37.8 Å². The van der Waals surface area contributed by atoms with Crippen molar-refractivity contribution in [2.75, 3.05) is 0 Å². The van der Waals surface area contributed by atoms with Crippen LogP contribution in [0.3, 0.4) is 0 Å². The Bertz CT molecular complexity index is 468. The van der Waals surface area contributed by atoms with E-state index in [1.165, 1.54) is 47.6 Å². The minimum absolute atomic E-state index is 1.18. The van der Waals surface area contributed by atoms with Crippen LogP contribution >= 0.6 is 0 Å². The Morgan fingerprint density at radius 3 is 2.44 bits per heavy atom. The summed E-state index contributed by atoms with van der Waals surface area (Å²) in [5.74, 6) is 0. The molecule has 0 fully saturated rings. The van der Waals surface area contributed by atoms with Gasteiger partial charge in [0.25, 0.3) is 0 Å². The molecule has 0 aliphatic heterocycles. The van der Waals surface area contributed by atoms with Crippen molar-refractivity contribution >= 4 is 10.8 Å². The maximum absolute atomic E-state index is 2.35. The van der Waals surface area contributed by atoms with Gasteiger partial charge in [0.05, 0.1) is 0 Å². The highest BCUT2D eigenvalue weighted by Crippen LogP contribution is 2.22. The van der Waals surface area contributed by atoms with Crippen LogP contribution < -0.4 is 0 Å². The smallest absolute Gasteiger partial charge is 0.0152 e. The SMILES string of the molecule is CCCc1ccc2c(CCC)cccc2c1. The van der Waals surface area contributed by atoms with Crippen LogP contribution in [-0.4, -0.2) is 0 Å². The molecule has 16 heavy (non-hydrogen) atoms. The van der Waals surface area contributed by atoms with E-state index < -0.39 is 0 Å². The van der Waals surface area contributed by atoms with Crippen LogP contribution in [0.15, 0.2) is 36.4 Å². The van der Waals surface area contributed by atoms with Gasteiger partial charge in [0.1, 0.15) is 0 Å². The van der Waals surface area contributed by atoms with Crippen LogP contribution in [0, 0.1) is 0 Å². The fraction of sp³-hybridized carbons (Fsp3) is 0.375. The van der Waals surface area contributed by atoms with Crippen LogP contribution in [0.5, 0.6) is 0 Å². The summed E-state index contributed by atoms with van der Waals surface area (Å²) in [6.45, 7) is 4.47. The molecule has 0 nitrogen and oxygen atoms in total. The topological polar surface area (TPSA) is 0 Å². The summed E-state index contributed by atoms with van der Waals surface area (Å²) in [7, 11) is 0. The second-order valence-corrected chi connectivity index (χ2v) is 4.47. The van der Waals surface area contributed by atoms with Crippen molar-refractivity contribution in [3.05, 3.63) is 47.5 Å². The van der Waals surface area contributed by atoms with Gasteiger partial charge in [-0.1, -0.05) is 63.1 Å². The van der Waals surface area contributed by atoms with E-state index in [0.29, 0.717) is 0 Å². The third kappa shape index (κ3) is 2.27. The standard InChI is InChI=1S/C16H20/c1-3-6-13-10-11-16-14(7-4-2)8-5-9-15(16)12-13/h5,8-12H,3-4,6-7H2,1-2H3. The number of rotatable bonds is 4. The molecule has 0 heterocycles. The Kier molecular flexibility index (Phi) is 3.61. The lowest BCUT2D eigenvalue weighted by Crippen LogP contribution is -1.88. The molecule has 2 aromatic rings. The summed E-state index contributed by atoms with van der Waals surface area (Å²) < 4.78 is 0. The Labute approximate surface area is 98.3 Å². The molecule has 2 rings (SSSR count). The first-order valence-corrected chi connectivity index (χ1v) is 6.35. The normalized spacial score (nSPS) is 10.9. The molecule has 0 amide bonds. The van der Waals surface area contributed by atoms with Crippen molar-refractivity contribution in [2.45, 2.75) is 39.5 Å². The molecular weight excluding hydrogens is 192 g/mol. The second kappa shape index (κ2) is 5.16. The average molecular weight is 212 g/mol. The summed E-state index contributed by atoms with van der Waals surface area (Å²) in [6.07, 6.45) is 4.81. The van der Waals surface area contributed by atoms with Gasteiger partial charge in [0.15, 0.2) is 0 Å². The zero-order chi connectivity index (χ0) is 11.4. The highest BCUT2D eigenvalue weighted by Gasteiger charge is 2.00. The molecule has 0 bridgehead atoms. The highest BCUT2D eigenvalue weighted by molar-refractivity contribution is 5.86. The van der Waals surface area contributed by atoms with Gasteiger partial charge in [0.2, 0.25) is 0 Å². The Hall–Kier alpha value is -1.30. The lowest BCUT2D eigenvalue weighted by atomic mass is 9.98. The summed E-state index contributed by atoms with van der Waals surface area (Å²) in [6, 6.07) is 13.6. The van der Waals surface area contributed by atoms with Gasteiger partial charge in [-0.05, 0) is 34.7 Å². The Morgan fingerprint density at radius 2 is 1.69 bits per heavy atom. The van der Waals surface area contributed by atoms with E-state index in [9.17, 15) is 0 Å². The second-order valence-electron chi connectivity index (χ2n) is 4.47. The minimum Gasteiger partial charge on any atom is -0.0651 e. The van der Waals surface area contributed by atoms with Gasteiger partial charge in [-0.2, -0.15) is 0 Å². The van der Waals surface area contributed by atoms with Crippen LogP contribution in [-0.2, 0) is 12.8 Å². The van der Waals surface area contributed by atoms with E-state index in [4.69, 9.17) is 0 Å². The molecular formula is C16H20. The van der Waals surface area contributed by atoms with Crippen molar-refractivity contribution in [3.63, 3.8) is 0 Å². The minimum atomic E-state index is 1.18. The molecule has 84 valence electrons. The lowest BCUT2D eigenvalue weighted by molar-refractivity contribution is 0.921. The van der Waals surface area contributed by atoms with Gasteiger partial charge in [-0.25, -0.2) is 0 Å². The third-order valence-corrected chi connectivity index (χ3v) is 3.09.